The predicted molar refractivity (Wildman–Crippen MR) is 47.0 cm³/mol. The fourth-order valence-electron chi connectivity index (χ4n) is 1.12. The molecule has 0 bridgehead atoms. The summed E-state index contributed by atoms with van der Waals surface area (Å²) in [5.74, 6) is -0.920. The van der Waals surface area contributed by atoms with Crippen LogP contribution in [0.1, 0.15) is 13.3 Å². The Morgan fingerprint density at radius 1 is 1.46 bits per heavy atom. The average molecular weight is 183 g/mol. The fraction of sp³-hybridized carbons (Fsp3) is 0.556. The SMILES string of the molecule is C=C(C)CCN1CC(=O)OC(=O)C1. The highest BCUT2D eigenvalue weighted by Crippen LogP contribution is 2.03. The van der Waals surface area contributed by atoms with Crippen LogP contribution in [0, 0.1) is 0 Å². The monoisotopic (exact) mass is 183 g/mol. The summed E-state index contributed by atoms with van der Waals surface area (Å²) < 4.78 is 4.38. The Hall–Kier alpha value is -1.16. The van der Waals surface area contributed by atoms with Crippen molar-refractivity contribution < 1.29 is 14.3 Å². The van der Waals surface area contributed by atoms with Gasteiger partial charge in [-0.05, 0) is 13.3 Å². The van der Waals surface area contributed by atoms with E-state index in [1.807, 2.05) is 6.92 Å². The number of morpholine rings is 1. The minimum absolute atomic E-state index is 0.207. The highest BCUT2D eigenvalue weighted by atomic mass is 16.6. The molecule has 1 aliphatic heterocycles. The first-order valence-electron chi connectivity index (χ1n) is 4.18. The van der Waals surface area contributed by atoms with E-state index in [1.165, 1.54) is 0 Å². The molecule has 1 aliphatic rings. The van der Waals surface area contributed by atoms with E-state index in [1.54, 1.807) is 4.90 Å². The number of nitrogens with zero attached hydrogens (tertiary/aromatic N) is 1. The van der Waals surface area contributed by atoms with Crippen LogP contribution in [0.5, 0.6) is 0 Å². The zero-order valence-corrected chi connectivity index (χ0v) is 7.71. The summed E-state index contributed by atoms with van der Waals surface area (Å²) in [4.78, 5) is 23.4. The van der Waals surface area contributed by atoms with Crippen molar-refractivity contribution in [2.24, 2.45) is 0 Å². The summed E-state index contributed by atoms with van der Waals surface area (Å²) in [6, 6.07) is 0. The van der Waals surface area contributed by atoms with Gasteiger partial charge in [-0.1, -0.05) is 5.57 Å². The highest BCUT2D eigenvalue weighted by Gasteiger charge is 2.23. The quantitative estimate of drug-likeness (QED) is 0.359. The van der Waals surface area contributed by atoms with Gasteiger partial charge in [0.2, 0.25) is 0 Å². The number of hydrogen-bond acceptors (Lipinski definition) is 4. The van der Waals surface area contributed by atoms with E-state index in [2.05, 4.69) is 11.3 Å². The lowest BCUT2D eigenvalue weighted by Gasteiger charge is -2.23. The van der Waals surface area contributed by atoms with Gasteiger partial charge < -0.3 is 4.74 Å². The lowest BCUT2D eigenvalue weighted by atomic mass is 10.2. The molecule has 1 rings (SSSR count). The van der Waals surface area contributed by atoms with Crippen LogP contribution in [0.4, 0.5) is 0 Å². The van der Waals surface area contributed by atoms with Crippen LogP contribution in [0.15, 0.2) is 12.2 Å². The smallest absolute Gasteiger partial charge is 0.327 e. The summed E-state index contributed by atoms with van der Waals surface area (Å²) in [6.07, 6.45) is 0.806. The molecular formula is C9H13NO3. The van der Waals surface area contributed by atoms with Gasteiger partial charge in [0, 0.05) is 6.54 Å². The van der Waals surface area contributed by atoms with E-state index < -0.39 is 11.9 Å². The maximum absolute atomic E-state index is 10.8. The largest absolute Gasteiger partial charge is 0.391 e. The Balaban J connectivity index is 2.37. The Labute approximate surface area is 77.2 Å². The van der Waals surface area contributed by atoms with Crippen LogP contribution < -0.4 is 0 Å². The number of hydrogen-bond donors (Lipinski definition) is 0. The minimum Gasteiger partial charge on any atom is -0.391 e. The first-order chi connectivity index (χ1) is 6.08. The van der Waals surface area contributed by atoms with Crippen LogP contribution >= 0.6 is 0 Å². The van der Waals surface area contributed by atoms with Crippen molar-refractivity contribution in [3.63, 3.8) is 0 Å². The maximum atomic E-state index is 10.8. The maximum Gasteiger partial charge on any atom is 0.327 e. The standard InChI is InChI=1S/C9H13NO3/c1-7(2)3-4-10-5-8(11)13-9(12)6-10/h1,3-6H2,2H3. The van der Waals surface area contributed by atoms with E-state index in [9.17, 15) is 9.59 Å². The fourth-order valence-corrected chi connectivity index (χ4v) is 1.12. The van der Waals surface area contributed by atoms with Crippen molar-refractivity contribution in [2.45, 2.75) is 13.3 Å². The first-order valence-corrected chi connectivity index (χ1v) is 4.18. The summed E-state index contributed by atoms with van der Waals surface area (Å²) >= 11 is 0. The Morgan fingerprint density at radius 3 is 2.46 bits per heavy atom. The molecule has 0 unspecified atom stereocenters. The van der Waals surface area contributed by atoms with Gasteiger partial charge in [0.05, 0.1) is 13.1 Å². The molecule has 0 spiro atoms. The Morgan fingerprint density at radius 2 is 2.00 bits per heavy atom. The van der Waals surface area contributed by atoms with E-state index in [4.69, 9.17) is 0 Å². The van der Waals surface area contributed by atoms with Crippen LogP contribution in [-0.4, -0.2) is 36.5 Å². The molecule has 4 heteroatoms. The van der Waals surface area contributed by atoms with Gasteiger partial charge in [0.15, 0.2) is 0 Å². The molecule has 0 aromatic heterocycles. The minimum atomic E-state index is -0.460. The van der Waals surface area contributed by atoms with E-state index in [-0.39, 0.29) is 13.1 Å². The van der Waals surface area contributed by atoms with Crippen molar-refractivity contribution in [1.82, 2.24) is 4.90 Å². The van der Waals surface area contributed by atoms with Gasteiger partial charge in [-0.25, -0.2) is 0 Å². The zero-order valence-electron chi connectivity index (χ0n) is 7.71. The lowest BCUT2D eigenvalue weighted by Crippen LogP contribution is -2.43. The van der Waals surface area contributed by atoms with Gasteiger partial charge >= 0.3 is 11.9 Å². The van der Waals surface area contributed by atoms with Crippen molar-refractivity contribution >= 4 is 11.9 Å². The van der Waals surface area contributed by atoms with Crippen molar-refractivity contribution in [1.29, 1.82) is 0 Å². The van der Waals surface area contributed by atoms with E-state index >= 15 is 0 Å². The molecule has 1 fully saturated rings. The second kappa shape index (κ2) is 4.18. The summed E-state index contributed by atoms with van der Waals surface area (Å²) in [7, 11) is 0. The number of rotatable bonds is 3. The van der Waals surface area contributed by atoms with E-state index in [0.717, 1.165) is 12.0 Å². The summed E-state index contributed by atoms with van der Waals surface area (Å²) in [5.41, 5.74) is 1.05. The second-order valence-corrected chi connectivity index (χ2v) is 3.26. The topological polar surface area (TPSA) is 46.6 Å². The van der Waals surface area contributed by atoms with Crippen molar-refractivity contribution in [3.05, 3.63) is 12.2 Å². The third kappa shape index (κ3) is 3.38. The molecule has 0 N–H and O–H groups in total. The molecule has 13 heavy (non-hydrogen) atoms. The second-order valence-electron chi connectivity index (χ2n) is 3.26. The van der Waals surface area contributed by atoms with Gasteiger partial charge in [-0.3, -0.25) is 14.5 Å². The van der Waals surface area contributed by atoms with Gasteiger partial charge in [-0.2, -0.15) is 0 Å². The predicted octanol–water partition coefficient (Wildman–Crippen LogP) is 0.338. The van der Waals surface area contributed by atoms with Gasteiger partial charge in [0.1, 0.15) is 0 Å². The molecule has 4 nitrogen and oxygen atoms in total. The van der Waals surface area contributed by atoms with Crippen LogP contribution in [-0.2, 0) is 14.3 Å². The molecule has 72 valence electrons. The Kier molecular flexibility index (Phi) is 3.19. The molecule has 0 aromatic rings. The molecule has 0 atom stereocenters. The molecule has 1 saturated heterocycles. The number of carbonyl (C=O) groups excluding carboxylic acids is 2. The number of esters is 2. The summed E-state index contributed by atoms with van der Waals surface area (Å²) in [5, 5.41) is 0. The molecule has 0 aliphatic carbocycles. The Bertz CT molecular complexity index is 231. The molecule has 1 heterocycles. The number of carbonyl (C=O) groups is 2. The van der Waals surface area contributed by atoms with Crippen molar-refractivity contribution in [3.8, 4) is 0 Å². The highest BCUT2D eigenvalue weighted by molar-refractivity contribution is 5.90. The van der Waals surface area contributed by atoms with Crippen LogP contribution in [0.25, 0.3) is 0 Å². The number of cyclic esters (lactones) is 2. The van der Waals surface area contributed by atoms with Crippen molar-refractivity contribution in [2.75, 3.05) is 19.6 Å². The lowest BCUT2D eigenvalue weighted by molar-refractivity contribution is -0.166. The van der Waals surface area contributed by atoms with Crippen LogP contribution in [0.3, 0.4) is 0 Å². The summed E-state index contributed by atoms with van der Waals surface area (Å²) in [6.45, 7) is 6.78. The van der Waals surface area contributed by atoms with Gasteiger partial charge in [-0.15, -0.1) is 6.58 Å². The molecule has 0 aromatic carbocycles. The zero-order chi connectivity index (χ0) is 9.84. The first kappa shape index (κ1) is 9.92. The molecule has 0 radical (unpaired) electrons. The van der Waals surface area contributed by atoms with E-state index in [0.29, 0.717) is 6.54 Å². The molecular weight excluding hydrogens is 170 g/mol. The average Bonchev–Trinajstić information content (AvgIpc) is 1.99. The normalized spacial score (nSPS) is 18.5. The molecule has 0 saturated carbocycles. The van der Waals surface area contributed by atoms with Crippen LogP contribution in [0.2, 0.25) is 0 Å². The number of ether oxygens (including phenoxy) is 1. The third-order valence-corrected chi connectivity index (χ3v) is 1.79. The van der Waals surface area contributed by atoms with Gasteiger partial charge in [0.25, 0.3) is 0 Å². The third-order valence-electron chi connectivity index (χ3n) is 1.79. The molecule has 0 amide bonds.